The predicted octanol–water partition coefficient (Wildman–Crippen LogP) is 16.7. The number of benzene rings is 4. The highest BCUT2D eigenvalue weighted by Gasteiger charge is 2.22. The van der Waals surface area contributed by atoms with E-state index in [0.717, 1.165) is 50.6 Å². The first-order chi connectivity index (χ1) is 45.0. The fourth-order valence-corrected chi connectivity index (χ4v) is 9.66. The molecule has 0 amide bonds. The highest BCUT2D eigenvalue weighted by atomic mass is 79.9. The smallest absolute Gasteiger partial charge is 0.267 e. The third-order valence-electron chi connectivity index (χ3n) is 13.7. The van der Waals surface area contributed by atoms with Gasteiger partial charge in [0, 0.05) is 93.7 Å². The zero-order chi connectivity index (χ0) is 73.7. The molecule has 5 N–H and O–H groups in total. The van der Waals surface area contributed by atoms with E-state index >= 15 is 0 Å². The van der Waals surface area contributed by atoms with Crippen LogP contribution >= 0.6 is 15.9 Å². The molecule has 0 unspecified atom stereocenters. The summed E-state index contributed by atoms with van der Waals surface area (Å²) in [7, 11) is -3.67. The number of hydrogen-bond acceptors (Lipinski definition) is 11. The average Bonchev–Trinajstić information content (AvgIpc) is 1.65. The fraction of sp³-hybridized carbons (Fsp3) is 0.507. The second kappa shape index (κ2) is 39.7. The Labute approximate surface area is 585 Å². The SMILES string of the molecule is C.CC(C)Br.CS(=O)(=O)O.Cc1[nH][nH]c(=O)c1Cc1ccc(OC(C)C)c(F)c1.Cc1c(Cc2ccc(OC(C)C)c(F)c2)c(=O)[nH]n1C(C)C.Cc1c(Cc2ccc(OC(C)C)c(F)c2)c(=O)[nH]n1C(C)C.Cc1c(Cc2ccc(OC(C)C)c(F)c2)c(OC(C)C)nn1C(C)C. The van der Waals surface area contributed by atoms with Crippen LogP contribution in [-0.2, 0) is 35.8 Å². The minimum atomic E-state index is -3.67. The van der Waals surface area contributed by atoms with Crippen molar-refractivity contribution in [2.24, 2.45) is 0 Å². The fourth-order valence-electron chi connectivity index (χ4n) is 9.66. The lowest BCUT2D eigenvalue weighted by Gasteiger charge is -2.12. The minimum absolute atomic E-state index is 0. The van der Waals surface area contributed by atoms with Gasteiger partial charge in [0.15, 0.2) is 46.3 Å². The van der Waals surface area contributed by atoms with Gasteiger partial charge in [-0.1, -0.05) is 61.5 Å². The van der Waals surface area contributed by atoms with Gasteiger partial charge in [-0.3, -0.25) is 48.3 Å². The first-order valence-electron chi connectivity index (χ1n) is 32.4. The van der Waals surface area contributed by atoms with Crippen molar-refractivity contribution in [3.63, 3.8) is 0 Å². The van der Waals surface area contributed by atoms with Gasteiger partial charge in [0.1, 0.15) is 0 Å². The number of rotatable bonds is 21. The van der Waals surface area contributed by atoms with E-state index < -0.39 is 27.6 Å². The number of ether oxygens (including phenoxy) is 5. The molecule has 8 rings (SSSR count). The molecule has 98 heavy (non-hydrogen) atoms. The third-order valence-corrected chi connectivity index (χ3v) is 13.7. The summed E-state index contributed by atoms with van der Waals surface area (Å²) in [5, 5.41) is 15.5. The number of nitrogens with one attached hydrogen (secondary N) is 4. The lowest BCUT2D eigenvalue weighted by molar-refractivity contribution is 0.227. The molecule has 0 saturated heterocycles. The molecule has 0 fully saturated rings. The zero-order valence-electron chi connectivity index (χ0n) is 60.6. The Hall–Kier alpha value is -7.77. The van der Waals surface area contributed by atoms with Crippen LogP contribution in [0.4, 0.5) is 17.6 Å². The van der Waals surface area contributed by atoms with E-state index in [2.05, 4.69) is 69.1 Å². The van der Waals surface area contributed by atoms with Crippen LogP contribution in [0.15, 0.2) is 87.2 Å². The number of halogens is 5. The van der Waals surface area contributed by atoms with E-state index in [0.29, 0.717) is 59.3 Å². The molecular formula is C73H107BrF4N8O11S. The van der Waals surface area contributed by atoms with Gasteiger partial charge in [0.25, 0.3) is 26.8 Å². The number of hydrogen-bond donors (Lipinski definition) is 5. The van der Waals surface area contributed by atoms with Crippen molar-refractivity contribution < 1.29 is 54.2 Å². The molecule has 0 radical (unpaired) electrons. The number of aryl methyl sites for hydroxylation is 1. The maximum Gasteiger partial charge on any atom is 0.267 e. The van der Waals surface area contributed by atoms with Crippen LogP contribution in [0.25, 0.3) is 0 Å². The number of H-pyrrole nitrogens is 4. The Balaban J connectivity index is 0.000000426. The highest BCUT2D eigenvalue weighted by molar-refractivity contribution is 9.09. The van der Waals surface area contributed by atoms with Crippen LogP contribution < -0.4 is 40.4 Å². The van der Waals surface area contributed by atoms with Gasteiger partial charge in [-0.15, -0.1) is 5.10 Å². The van der Waals surface area contributed by atoms with Crippen molar-refractivity contribution in [1.82, 2.24) is 39.5 Å². The lowest BCUT2D eigenvalue weighted by Crippen LogP contribution is -2.10. The first kappa shape index (κ1) is 86.3. The lowest BCUT2D eigenvalue weighted by atomic mass is 10.0. The maximum absolute atomic E-state index is 14.3. The molecule has 0 saturated carbocycles. The molecule has 25 heteroatoms. The van der Waals surface area contributed by atoms with Crippen molar-refractivity contribution in [2.45, 2.75) is 239 Å². The molecule has 0 spiro atoms. The standard InChI is InChI=1S/C20H29FN2O2.2C17H23FN2O2.C14H17FN2O2.C3H7Br.CH4O3S.CH4/c1-12(2)23-15(7)17(20(22-23)25-14(5)6)10-16-8-9-19(18(21)11-16)24-13(3)4;2*1-10(2)20-12(5)14(17(21)19-20)8-13-6-7-16(15(18)9-13)22-11(3)4;1-8(2)19-13-5-4-10(7-12(13)15)6-11-9(3)16-17-14(11)18;1-3(2)4;1-5(2,3)4;/h8-9,11-14H,10H2,1-7H3;2*6-7,9-11H,8H2,1-5H3,(H,19,21);4-5,7-8H,6H2,1-3H3,(H2,16,17,18);3H,1-2H3;1H3,(H,2,3,4);1H4. The Kier molecular flexibility index (Phi) is 35.0. The molecular weight excluding hydrogens is 1350 g/mol. The number of alkyl halides is 1. The van der Waals surface area contributed by atoms with Crippen LogP contribution in [0, 0.1) is 51.0 Å². The van der Waals surface area contributed by atoms with E-state index in [1.54, 1.807) is 49.4 Å². The van der Waals surface area contributed by atoms with Gasteiger partial charge in [-0.2, -0.15) is 8.42 Å². The van der Waals surface area contributed by atoms with Gasteiger partial charge in [0.2, 0.25) is 5.88 Å². The Morgan fingerprint density at radius 3 is 0.949 bits per heavy atom. The molecule has 4 heterocycles. The van der Waals surface area contributed by atoms with Crippen molar-refractivity contribution in [1.29, 1.82) is 0 Å². The summed E-state index contributed by atoms with van der Waals surface area (Å²) in [5.74, 6) is 0.0808. The molecule has 0 aliphatic rings. The largest absolute Gasteiger partial charge is 0.488 e. The van der Waals surface area contributed by atoms with Crippen molar-refractivity contribution >= 4 is 26.0 Å². The minimum Gasteiger partial charge on any atom is -0.488 e. The van der Waals surface area contributed by atoms with Gasteiger partial charge in [0.05, 0.1) is 36.8 Å². The zero-order valence-corrected chi connectivity index (χ0v) is 63.0. The second-order valence-electron chi connectivity index (χ2n) is 25.9. The molecule has 0 atom stereocenters. The quantitative estimate of drug-likeness (QED) is 0.0256. The summed E-state index contributed by atoms with van der Waals surface area (Å²) in [6.07, 6.45) is 2.23. The van der Waals surface area contributed by atoms with Crippen molar-refractivity contribution in [2.75, 3.05) is 6.26 Å². The van der Waals surface area contributed by atoms with Gasteiger partial charge in [-0.05, 0) is 209 Å². The van der Waals surface area contributed by atoms with E-state index in [-0.39, 0.29) is 102 Å². The number of nitrogens with zero attached hydrogens (tertiary/aromatic N) is 4. The number of aromatic amines is 4. The summed E-state index contributed by atoms with van der Waals surface area (Å²) in [4.78, 5) is 36.3. The van der Waals surface area contributed by atoms with Gasteiger partial charge >= 0.3 is 0 Å². The maximum atomic E-state index is 14.3. The van der Waals surface area contributed by atoms with Crippen molar-refractivity contribution in [3.05, 3.63) is 194 Å². The van der Waals surface area contributed by atoms with Crippen LogP contribution in [-0.4, -0.2) is 94.1 Å². The van der Waals surface area contributed by atoms with Crippen molar-refractivity contribution in [3.8, 4) is 28.9 Å². The number of aromatic nitrogens is 8. The van der Waals surface area contributed by atoms with Gasteiger partial charge in [-0.25, -0.2) is 17.6 Å². The summed E-state index contributed by atoms with van der Waals surface area (Å²) in [6.45, 7) is 42.8. The molecule has 4 aromatic carbocycles. The molecule has 8 aromatic rings. The average molecular weight is 1460 g/mol. The first-order valence-corrected chi connectivity index (χ1v) is 35.2. The molecule has 0 aliphatic carbocycles. The highest BCUT2D eigenvalue weighted by Crippen LogP contribution is 2.30. The monoisotopic (exact) mass is 1460 g/mol. The second-order valence-corrected chi connectivity index (χ2v) is 29.2. The summed E-state index contributed by atoms with van der Waals surface area (Å²) < 4.78 is 115. The van der Waals surface area contributed by atoms with E-state index in [1.165, 1.54) is 24.3 Å². The van der Waals surface area contributed by atoms with E-state index in [1.807, 2.05) is 138 Å². The molecule has 4 aromatic heterocycles. The summed E-state index contributed by atoms with van der Waals surface area (Å²) in [6, 6.07) is 20.2. The van der Waals surface area contributed by atoms with Crippen LogP contribution in [0.1, 0.15) is 217 Å². The van der Waals surface area contributed by atoms with E-state index in [4.69, 9.17) is 28.2 Å². The van der Waals surface area contributed by atoms with Crippen LogP contribution in [0.2, 0.25) is 0 Å². The molecule has 546 valence electrons. The Morgan fingerprint density at radius 2 is 0.724 bits per heavy atom. The molecule has 0 bridgehead atoms. The predicted molar refractivity (Wildman–Crippen MR) is 388 cm³/mol. The van der Waals surface area contributed by atoms with E-state index in [9.17, 15) is 40.4 Å². The Bertz CT molecular complexity index is 3950. The van der Waals surface area contributed by atoms with Crippen LogP contribution in [0.3, 0.4) is 0 Å². The third kappa shape index (κ3) is 28.6. The topological polar surface area (TPSA) is 243 Å². The Morgan fingerprint density at radius 1 is 0.449 bits per heavy atom. The molecule has 19 nitrogen and oxygen atoms in total. The van der Waals surface area contributed by atoms with Gasteiger partial charge < -0.3 is 28.8 Å². The summed E-state index contributed by atoms with van der Waals surface area (Å²) in [5.41, 5.74) is 9.28. The normalized spacial score (nSPS) is 11.2. The van der Waals surface area contributed by atoms with Crippen LogP contribution in [0.5, 0.6) is 28.9 Å². The molecule has 0 aliphatic heterocycles. The summed E-state index contributed by atoms with van der Waals surface area (Å²) >= 11 is 3.27.